The van der Waals surface area contributed by atoms with E-state index in [0.29, 0.717) is 28.5 Å². The van der Waals surface area contributed by atoms with Crippen molar-refractivity contribution in [2.75, 3.05) is 7.11 Å². The van der Waals surface area contributed by atoms with Crippen molar-refractivity contribution in [3.05, 3.63) is 40.1 Å². The minimum Gasteiger partial charge on any atom is -0.369 e. The van der Waals surface area contributed by atoms with Crippen molar-refractivity contribution >= 4 is 17.3 Å². The molecule has 1 aromatic rings. The van der Waals surface area contributed by atoms with E-state index in [4.69, 9.17) is 21.2 Å². The van der Waals surface area contributed by atoms with E-state index in [2.05, 4.69) is 0 Å². The molecule has 104 valence electrons. The maximum absolute atomic E-state index is 12.0. The molecule has 0 saturated heterocycles. The second-order valence-electron chi connectivity index (χ2n) is 4.84. The number of hydrogen-bond acceptors (Lipinski definition) is 3. The highest BCUT2D eigenvalue weighted by Crippen LogP contribution is 2.35. The summed E-state index contributed by atoms with van der Waals surface area (Å²) < 4.78 is 5.31. The van der Waals surface area contributed by atoms with Gasteiger partial charge >= 0.3 is 0 Å². The molecule has 5 heteroatoms. The number of ether oxygens (including phenoxy) is 1. The molecule has 0 saturated carbocycles. The number of hydrogen-bond donors (Lipinski definition) is 0. The Morgan fingerprint density at radius 3 is 2.63 bits per heavy atom. The molecule has 2 atom stereocenters. The topological polar surface area (TPSA) is 44.5 Å². The van der Waals surface area contributed by atoms with Crippen LogP contribution in [0.5, 0.6) is 0 Å². The summed E-state index contributed by atoms with van der Waals surface area (Å²) in [6.45, 7) is 3.72. The Morgan fingerprint density at radius 1 is 1.47 bits per heavy atom. The van der Waals surface area contributed by atoms with Crippen molar-refractivity contribution < 1.29 is 14.5 Å². The Balaban J connectivity index is 2.40. The molecule has 0 aromatic heterocycles. The van der Waals surface area contributed by atoms with Crippen LogP contribution in [-0.4, -0.2) is 23.5 Å². The van der Waals surface area contributed by atoms with Crippen molar-refractivity contribution in [3.63, 3.8) is 0 Å². The summed E-state index contributed by atoms with van der Waals surface area (Å²) in [6, 6.07) is 7.55. The fourth-order valence-corrected chi connectivity index (χ4v) is 2.51. The first-order valence-corrected chi connectivity index (χ1v) is 6.69. The summed E-state index contributed by atoms with van der Waals surface area (Å²) in [5.74, 6) is -0.913. The highest BCUT2D eigenvalue weighted by molar-refractivity contribution is 6.30. The number of nitrogens with zero attached hydrogens (tertiary/aromatic N) is 1. The summed E-state index contributed by atoms with van der Waals surface area (Å²) in [5.41, 5.74) is 1.76. The van der Waals surface area contributed by atoms with Crippen molar-refractivity contribution in [3.8, 4) is 0 Å². The van der Waals surface area contributed by atoms with E-state index >= 15 is 0 Å². The van der Waals surface area contributed by atoms with Gasteiger partial charge in [-0.25, -0.2) is 0 Å². The van der Waals surface area contributed by atoms with E-state index in [9.17, 15) is 5.21 Å². The SMILES string of the molecule is CCC1=[N+]([O-])O[C@](C)(OC)C[C@H]1c1ccc(Cl)cc1. The minimum absolute atomic E-state index is 0.0153. The third-order valence-corrected chi connectivity index (χ3v) is 3.81. The fraction of sp³-hybridized carbons (Fsp3) is 0.500. The van der Waals surface area contributed by atoms with Gasteiger partial charge in [-0.05, 0) is 24.6 Å². The van der Waals surface area contributed by atoms with Crippen LogP contribution in [0.1, 0.15) is 38.2 Å². The first kappa shape index (κ1) is 14.2. The third-order valence-electron chi connectivity index (χ3n) is 3.55. The Hall–Kier alpha value is -1.26. The number of rotatable bonds is 3. The second-order valence-corrected chi connectivity index (χ2v) is 5.28. The number of halogens is 1. The van der Waals surface area contributed by atoms with Gasteiger partial charge in [-0.1, -0.05) is 30.7 Å². The van der Waals surface area contributed by atoms with Gasteiger partial charge in [0.2, 0.25) is 5.71 Å². The monoisotopic (exact) mass is 283 g/mol. The van der Waals surface area contributed by atoms with Crippen LogP contribution in [0.25, 0.3) is 0 Å². The maximum Gasteiger partial charge on any atom is 0.229 e. The zero-order chi connectivity index (χ0) is 14.0. The summed E-state index contributed by atoms with van der Waals surface area (Å²) >= 11 is 5.90. The molecule has 1 heterocycles. The Labute approximate surface area is 118 Å². The van der Waals surface area contributed by atoms with Crippen LogP contribution in [0.2, 0.25) is 5.02 Å². The first-order chi connectivity index (χ1) is 8.99. The molecule has 0 amide bonds. The lowest BCUT2D eigenvalue weighted by atomic mass is 9.86. The van der Waals surface area contributed by atoms with Crippen LogP contribution in [0.4, 0.5) is 0 Å². The van der Waals surface area contributed by atoms with Crippen molar-refractivity contribution in [1.82, 2.24) is 0 Å². The molecule has 0 unspecified atom stereocenters. The molecule has 1 aromatic carbocycles. The molecule has 4 nitrogen and oxygen atoms in total. The molecule has 0 aliphatic carbocycles. The van der Waals surface area contributed by atoms with Gasteiger partial charge in [-0.2, -0.15) is 0 Å². The molecular formula is C14H18ClNO3. The predicted octanol–water partition coefficient (Wildman–Crippen LogP) is 3.48. The molecule has 1 aliphatic rings. The summed E-state index contributed by atoms with van der Waals surface area (Å²) in [6.07, 6.45) is 1.24. The zero-order valence-electron chi connectivity index (χ0n) is 11.4. The smallest absolute Gasteiger partial charge is 0.229 e. The van der Waals surface area contributed by atoms with Crippen molar-refractivity contribution in [2.45, 2.75) is 38.4 Å². The Bertz CT molecular complexity index is 486. The van der Waals surface area contributed by atoms with Gasteiger partial charge in [-0.3, -0.25) is 5.21 Å². The molecule has 0 spiro atoms. The molecule has 0 bridgehead atoms. The quantitative estimate of drug-likeness (QED) is 0.798. The van der Waals surface area contributed by atoms with E-state index in [1.807, 2.05) is 31.2 Å². The van der Waals surface area contributed by atoms with E-state index in [1.54, 1.807) is 14.0 Å². The van der Waals surface area contributed by atoms with Crippen LogP contribution in [0.3, 0.4) is 0 Å². The average Bonchev–Trinajstić information content (AvgIpc) is 2.39. The number of benzene rings is 1. The molecule has 1 aliphatic heterocycles. The molecule has 0 fully saturated rings. The molecule has 2 rings (SSSR count). The highest BCUT2D eigenvalue weighted by atomic mass is 35.5. The van der Waals surface area contributed by atoms with Gasteiger partial charge in [0.1, 0.15) is 0 Å². The summed E-state index contributed by atoms with van der Waals surface area (Å²) in [7, 11) is 1.55. The fourth-order valence-electron chi connectivity index (χ4n) is 2.39. The normalized spacial score (nSPS) is 27.3. The number of methoxy groups -OCH3 is 1. The summed E-state index contributed by atoms with van der Waals surface area (Å²) in [4.78, 5) is 5.90. The lowest BCUT2D eigenvalue weighted by Crippen LogP contribution is -2.44. The largest absolute Gasteiger partial charge is 0.369 e. The molecule has 0 N–H and O–H groups in total. The third kappa shape index (κ3) is 2.85. The predicted molar refractivity (Wildman–Crippen MR) is 74.2 cm³/mol. The van der Waals surface area contributed by atoms with Crippen LogP contribution in [0, 0.1) is 5.21 Å². The van der Waals surface area contributed by atoms with Crippen LogP contribution >= 0.6 is 11.6 Å². The van der Waals surface area contributed by atoms with Gasteiger partial charge in [0.25, 0.3) is 0 Å². The highest BCUT2D eigenvalue weighted by Gasteiger charge is 2.40. The van der Waals surface area contributed by atoms with Crippen molar-refractivity contribution in [2.24, 2.45) is 0 Å². The van der Waals surface area contributed by atoms with Gasteiger partial charge in [-0.15, -0.1) is 0 Å². The van der Waals surface area contributed by atoms with Crippen LogP contribution in [-0.2, 0) is 9.57 Å². The molecule has 0 radical (unpaired) electrons. The van der Waals surface area contributed by atoms with Gasteiger partial charge < -0.3 is 9.57 Å². The van der Waals surface area contributed by atoms with Crippen molar-refractivity contribution in [1.29, 1.82) is 0 Å². The van der Waals surface area contributed by atoms with E-state index < -0.39 is 5.79 Å². The lowest BCUT2D eigenvalue weighted by Gasteiger charge is -2.37. The van der Waals surface area contributed by atoms with E-state index in [1.165, 1.54) is 0 Å². The minimum atomic E-state index is -0.898. The lowest BCUT2D eigenvalue weighted by molar-refractivity contribution is -0.787. The van der Waals surface area contributed by atoms with E-state index in [0.717, 1.165) is 5.56 Å². The molecule has 19 heavy (non-hydrogen) atoms. The molecular weight excluding hydrogens is 266 g/mol. The van der Waals surface area contributed by atoms with Gasteiger partial charge in [0.15, 0.2) is 5.79 Å². The average molecular weight is 284 g/mol. The summed E-state index contributed by atoms with van der Waals surface area (Å²) in [5, 5.41) is 12.7. The maximum atomic E-state index is 12.0. The van der Waals surface area contributed by atoms with Gasteiger partial charge in [0.05, 0.1) is 5.92 Å². The Kier molecular flexibility index (Phi) is 4.02. The first-order valence-electron chi connectivity index (χ1n) is 6.32. The second kappa shape index (κ2) is 5.39. The van der Waals surface area contributed by atoms with Crippen LogP contribution in [0.15, 0.2) is 24.3 Å². The Morgan fingerprint density at radius 2 is 2.11 bits per heavy atom. The van der Waals surface area contributed by atoms with Crippen LogP contribution < -0.4 is 0 Å². The van der Waals surface area contributed by atoms with Gasteiger partial charge in [0, 0.05) is 29.9 Å². The standard InChI is InChI=1S/C14H18ClNO3/c1-4-13-12(10-5-7-11(15)8-6-10)9-14(2,18-3)19-16(13)17/h5-8,12H,4,9H2,1-3H3/t12-,14-/m0/s1. The zero-order valence-corrected chi connectivity index (χ0v) is 12.1. The van der Waals surface area contributed by atoms with E-state index in [-0.39, 0.29) is 5.92 Å².